The lowest BCUT2D eigenvalue weighted by atomic mass is 10.1. The molecule has 0 aliphatic heterocycles. The second kappa shape index (κ2) is 38.5. The highest BCUT2D eigenvalue weighted by Gasteiger charge is 2.22. The van der Waals surface area contributed by atoms with Crippen LogP contribution in [0.4, 0.5) is 0 Å². The number of esters is 2. The summed E-state index contributed by atoms with van der Waals surface area (Å²) in [7, 11) is -4.77. The van der Waals surface area contributed by atoms with Crippen molar-refractivity contribution in [2.75, 3.05) is 13.2 Å². The molecule has 52 heavy (non-hydrogen) atoms. The summed E-state index contributed by atoms with van der Waals surface area (Å²) in [6.07, 6.45) is 47.9. The minimum absolute atomic E-state index is 0.171. The van der Waals surface area contributed by atoms with Gasteiger partial charge < -0.3 is 19.3 Å². The molecular weight excluding hydrogens is 675 g/mol. The Kier molecular flexibility index (Phi) is 36.8. The fraction of sp³-hybridized carbons (Fsp3) is 0.721. The lowest BCUT2D eigenvalue weighted by Gasteiger charge is -2.18. The Morgan fingerprint density at radius 1 is 0.500 bits per heavy atom. The maximum atomic E-state index is 12.4. The van der Waals surface area contributed by atoms with Gasteiger partial charge in [-0.05, 0) is 83.5 Å². The molecule has 0 radical (unpaired) electrons. The molecule has 0 saturated carbocycles. The molecule has 0 fully saturated rings. The minimum atomic E-state index is -4.77. The number of allylic oxidation sites excluding steroid dienone is 10. The van der Waals surface area contributed by atoms with Crippen LogP contribution in [0.25, 0.3) is 0 Å². The third-order valence-electron chi connectivity index (χ3n) is 8.51. The standard InChI is InChI=1S/C43H75O8P/c1-3-5-7-9-11-13-15-17-19-20-21-22-24-26-28-30-32-34-36-38-43(45)51-41(40-50-52(46,47)48)39-49-42(44)37-35-33-31-29-27-25-23-18-16-14-12-10-8-6-4-2/h11,13-14,16-17,19,21-22,26,28,41H,3-10,12,15,18,20,23-25,27,29-40H2,1-2H3,(H2,46,47,48)/b13-11-,16-14-,19-17-,22-21-,28-26-/t41-/m1/s1. The third kappa shape index (κ3) is 40.5. The summed E-state index contributed by atoms with van der Waals surface area (Å²) < 4.78 is 26.3. The summed E-state index contributed by atoms with van der Waals surface area (Å²) in [4.78, 5) is 42.8. The minimum Gasteiger partial charge on any atom is -0.462 e. The molecule has 0 heterocycles. The number of hydrogen-bond donors (Lipinski definition) is 2. The normalized spacial score (nSPS) is 13.1. The van der Waals surface area contributed by atoms with E-state index in [9.17, 15) is 14.2 Å². The van der Waals surface area contributed by atoms with Crippen LogP contribution in [0.1, 0.15) is 181 Å². The number of phosphoric ester groups is 1. The van der Waals surface area contributed by atoms with E-state index in [0.29, 0.717) is 12.8 Å². The van der Waals surface area contributed by atoms with Crippen LogP contribution in [0, 0.1) is 0 Å². The van der Waals surface area contributed by atoms with E-state index in [1.54, 1.807) is 0 Å². The number of carbonyl (C=O) groups is 2. The monoisotopic (exact) mass is 751 g/mol. The first-order chi connectivity index (χ1) is 25.3. The zero-order chi connectivity index (χ0) is 38.2. The molecule has 0 aromatic carbocycles. The lowest BCUT2D eigenvalue weighted by Crippen LogP contribution is -2.29. The van der Waals surface area contributed by atoms with E-state index < -0.39 is 32.5 Å². The van der Waals surface area contributed by atoms with Crippen molar-refractivity contribution in [3.8, 4) is 0 Å². The highest BCUT2D eigenvalue weighted by Crippen LogP contribution is 2.36. The van der Waals surface area contributed by atoms with Gasteiger partial charge >= 0.3 is 19.8 Å². The summed E-state index contributed by atoms with van der Waals surface area (Å²) in [5, 5.41) is 0. The molecular formula is C43H75O8P. The van der Waals surface area contributed by atoms with E-state index in [0.717, 1.165) is 64.2 Å². The molecule has 0 aromatic heterocycles. The van der Waals surface area contributed by atoms with E-state index in [2.05, 4.69) is 79.1 Å². The highest BCUT2D eigenvalue weighted by atomic mass is 31.2. The molecule has 0 saturated heterocycles. The van der Waals surface area contributed by atoms with Crippen molar-refractivity contribution in [3.05, 3.63) is 60.8 Å². The Hall–Kier alpha value is -2.25. The SMILES string of the molecule is CCCCC/C=C\C/C=C\C/C=C\C/C=C\CCCCCC(=O)O[C@H](COC(=O)CCCCCCCCC/C=C\CCCCCC)COP(=O)(O)O. The molecule has 0 spiro atoms. The number of ether oxygens (including phenoxy) is 2. The highest BCUT2D eigenvalue weighted by molar-refractivity contribution is 7.46. The van der Waals surface area contributed by atoms with Gasteiger partial charge in [-0.1, -0.05) is 145 Å². The smallest absolute Gasteiger partial charge is 0.462 e. The van der Waals surface area contributed by atoms with Crippen LogP contribution in [0.2, 0.25) is 0 Å². The molecule has 0 unspecified atom stereocenters. The van der Waals surface area contributed by atoms with Gasteiger partial charge in [0.1, 0.15) is 6.61 Å². The van der Waals surface area contributed by atoms with E-state index in [1.807, 2.05) is 0 Å². The number of phosphoric acid groups is 1. The predicted molar refractivity (Wildman–Crippen MR) is 216 cm³/mol. The fourth-order valence-corrected chi connectivity index (χ4v) is 5.77. The van der Waals surface area contributed by atoms with Crippen LogP contribution in [-0.4, -0.2) is 41.0 Å². The van der Waals surface area contributed by atoms with Crippen molar-refractivity contribution in [1.82, 2.24) is 0 Å². The third-order valence-corrected chi connectivity index (χ3v) is 8.99. The first-order valence-electron chi connectivity index (χ1n) is 20.6. The van der Waals surface area contributed by atoms with Crippen molar-refractivity contribution in [1.29, 1.82) is 0 Å². The summed E-state index contributed by atoms with van der Waals surface area (Å²) in [6.45, 7) is 3.61. The quantitative estimate of drug-likeness (QED) is 0.0279. The largest absolute Gasteiger partial charge is 0.469 e. The van der Waals surface area contributed by atoms with Crippen LogP contribution >= 0.6 is 7.82 Å². The Bertz CT molecular complexity index is 1030. The average Bonchev–Trinajstić information content (AvgIpc) is 3.11. The predicted octanol–water partition coefficient (Wildman–Crippen LogP) is 12.5. The molecule has 0 bridgehead atoms. The first-order valence-corrected chi connectivity index (χ1v) is 22.1. The molecule has 1 atom stereocenters. The van der Waals surface area contributed by atoms with E-state index in [1.165, 1.54) is 77.0 Å². The molecule has 0 amide bonds. The number of carbonyl (C=O) groups excluding carboxylic acids is 2. The van der Waals surface area contributed by atoms with Crippen molar-refractivity contribution < 1.29 is 37.9 Å². The molecule has 0 rings (SSSR count). The topological polar surface area (TPSA) is 119 Å². The number of unbranched alkanes of at least 4 members (excludes halogenated alkanes) is 17. The average molecular weight is 751 g/mol. The van der Waals surface area contributed by atoms with Gasteiger partial charge in [-0.15, -0.1) is 0 Å². The van der Waals surface area contributed by atoms with Gasteiger partial charge in [-0.3, -0.25) is 14.1 Å². The summed E-state index contributed by atoms with van der Waals surface area (Å²) >= 11 is 0. The van der Waals surface area contributed by atoms with Gasteiger partial charge in [0.15, 0.2) is 6.10 Å². The van der Waals surface area contributed by atoms with Gasteiger partial charge in [0.25, 0.3) is 0 Å². The van der Waals surface area contributed by atoms with Crippen molar-refractivity contribution in [3.63, 3.8) is 0 Å². The van der Waals surface area contributed by atoms with E-state index in [4.69, 9.17) is 19.3 Å². The van der Waals surface area contributed by atoms with Gasteiger partial charge in [0, 0.05) is 12.8 Å². The molecule has 0 aliphatic rings. The molecule has 8 nitrogen and oxygen atoms in total. The van der Waals surface area contributed by atoms with Gasteiger partial charge in [-0.25, -0.2) is 4.57 Å². The van der Waals surface area contributed by atoms with Gasteiger partial charge in [-0.2, -0.15) is 0 Å². The van der Waals surface area contributed by atoms with Crippen LogP contribution in [-0.2, 0) is 28.2 Å². The number of hydrogen-bond acceptors (Lipinski definition) is 6. The van der Waals surface area contributed by atoms with Crippen LogP contribution < -0.4 is 0 Å². The van der Waals surface area contributed by atoms with Crippen molar-refractivity contribution in [2.24, 2.45) is 0 Å². The maximum Gasteiger partial charge on any atom is 0.469 e. The number of rotatable bonds is 37. The zero-order valence-corrected chi connectivity index (χ0v) is 33.8. The summed E-state index contributed by atoms with van der Waals surface area (Å²) in [5.41, 5.74) is 0. The Balaban J connectivity index is 4.02. The molecule has 2 N–H and O–H groups in total. The Morgan fingerprint density at radius 2 is 0.865 bits per heavy atom. The van der Waals surface area contributed by atoms with Crippen molar-refractivity contribution >= 4 is 19.8 Å². The van der Waals surface area contributed by atoms with E-state index >= 15 is 0 Å². The fourth-order valence-electron chi connectivity index (χ4n) is 5.41. The molecule has 0 aromatic rings. The molecule has 9 heteroatoms. The maximum absolute atomic E-state index is 12.4. The van der Waals surface area contributed by atoms with E-state index in [-0.39, 0.29) is 19.4 Å². The lowest BCUT2D eigenvalue weighted by molar-refractivity contribution is -0.161. The zero-order valence-electron chi connectivity index (χ0n) is 32.9. The second-order valence-electron chi connectivity index (χ2n) is 13.6. The van der Waals surface area contributed by atoms with Crippen LogP contribution in [0.3, 0.4) is 0 Å². The van der Waals surface area contributed by atoms with Crippen LogP contribution in [0.15, 0.2) is 60.8 Å². The summed E-state index contributed by atoms with van der Waals surface area (Å²) in [6, 6.07) is 0. The molecule has 300 valence electrons. The van der Waals surface area contributed by atoms with Gasteiger partial charge in [0.05, 0.1) is 6.61 Å². The Labute approximate surface area is 317 Å². The van der Waals surface area contributed by atoms with Gasteiger partial charge in [0.2, 0.25) is 0 Å². The Morgan fingerprint density at radius 3 is 1.37 bits per heavy atom. The second-order valence-corrected chi connectivity index (χ2v) is 14.8. The molecule has 0 aliphatic carbocycles. The van der Waals surface area contributed by atoms with Crippen LogP contribution in [0.5, 0.6) is 0 Å². The first kappa shape index (κ1) is 49.8. The van der Waals surface area contributed by atoms with Crippen molar-refractivity contribution in [2.45, 2.75) is 187 Å². The summed E-state index contributed by atoms with van der Waals surface area (Å²) in [5.74, 6) is -0.929.